The second-order valence-corrected chi connectivity index (χ2v) is 10.3. The van der Waals surface area contributed by atoms with E-state index >= 15 is 0 Å². The Labute approximate surface area is 158 Å². The molecule has 0 nitrogen and oxygen atoms in total. The van der Waals surface area contributed by atoms with E-state index in [2.05, 4.69) is 33.4 Å². The van der Waals surface area contributed by atoms with Crippen LogP contribution >= 0.6 is 0 Å². The lowest BCUT2D eigenvalue weighted by atomic mass is 9.59. The van der Waals surface area contributed by atoms with E-state index in [9.17, 15) is 0 Å². The lowest BCUT2D eigenvalue weighted by Crippen LogP contribution is -2.35. The fraction of sp³-hybridized carbons (Fsp3) is 0.920. The third kappa shape index (κ3) is 4.92. The summed E-state index contributed by atoms with van der Waals surface area (Å²) in [5.74, 6) is 8.01. The zero-order valence-electron chi connectivity index (χ0n) is 17.4. The van der Waals surface area contributed by atoms with E-state index in [1.165, 1.54) is 51.4 Å². The van der Waals surface area contributed by atoms with Gasteiger partial charge in [0.25, 0.3) is 0 Å². The second kappa shape index (κ2) is 9.09. The SMILES string of the molecule is C=CC1CCC2CC(C3CCC(CC(C)CCC)C(C)C3)CCC2C1. The van der Waals surface area contributed by atoms with Gasteiger partial charge in [0, 0.05) is 0 Å². The first-order chi connectivity index (χ1) is 12.1. The highest BCUT2D eigenvalue weighted by atomic mass is 14.4. The number of hydrogen-bond acceptors (Lipinski definition) is 0. The van der Waals surface area contributed by atoms with Crippen molar-refractivity contribution in [2.45, 2.75) is 97.8 Å². The summed E-state index contributed by atoms with van der Waals surface area (Å²) in [5, 5.41) is 0. The highest BCUT2D eigenvalue weighted by Crippen LogP contribution is 2.50. The first kappa shape index (κ1) is 19.5. The molecule has 0 aromatic heterocycles. The molecule has 0 radical (unpaired) electrons. The number of fused-ring (bicyclic) bond motifs is 1. The Morgan fingerprint density at radius 3 is 2.12 bits per heavy atom. The monoisotopic (exact) mass is 344 g/mol. The van der Waals surface area contributed by atoms with Crippen LogP contribution in [0.25, 0.3) is 0 Å². The Hall–Kier alpha value is -0.260. The third-order valence-corrected chi connectivity index (χ3v) is 8.57. The Morgan fingerprint density at radius 1 is 0.880 bits per heavy atom. The molecule has 144 valence electrons. The molecular weight excluding hydrogens is 300 g/mol. The van der Waals surface area contributed by atoms with Crippen LogP contribution < -0.4 is 0 Å². The van der Waals surface area contributed by atoms with Gasteiger partial charge >= 0.3 is 0 Å². The van der Waals surface area contributed by atoms with Crippen LogP contribution in [0.1, 0.15) is 97.8 Å². The summed E-state index contributed by atoms with van der Waals surface area (Å²) in [6.45, 7) is 11.5. The summed E-state index contributed by atoms with van der Waals surface area (Å²) < 4.78 is 0. The molecule has 3 aliphatic rings. The lowest BCUT2D eigenvalue weighted by molar-refractivity contribution is 0.0511. The van der Waals surface area contributed by atoms with Gasteiger partial charge in [-0.05, 0) is 112 Å². The van der Waals surface area contributed by atoms with Crippen LogP contribution in [0.2, 0.25) is 0 Å². The fourth-order valence-corrected chi connectivity index (χ4v) is 7.01. The molecule has 0 heterocycles. The summed E-state index contributed by atoms with van der Waals surface area (Å²) >= 11 is 0. The minimum Gasteiger partial charge on any atom is -0.103 e. The van der Waals surface area contributed by atoms with Crippen molar-refractivity contribution in [3.63, 3.8) is 0 Å². The van der Waals surface area contributed by atoms with Gasteiger partial charge in [-0.1, -0.05) is 39.7 Å². The Bertz CT molecular complexity index is 410. The van der Waals surface area contributed by atoms with E-state index in [0.29, 0.717) is 0 Å². The average Bonchev–Trinajstić information content (AvgIpc) is 2.62. The van der Waals surface area contributed by atoms with Crippen LogP contribution in [-0.4, -0.2) is 0 Å². The molecule has 0 amide bonds. The topological polar surface area (TPSA) is 0 Å². The van der Waals surface area contributed by atoms with Crippen molar-refractivity contribution < 1.29 is 0 Å². The molecule has 0 N–H and O–H groups in total. The van der Waals surface area contributed by atoms with Crippen LogP contribution in [0.4, 0.5) is 0 Å². The molecule has 0 heteroatoms. The first-order valence-corrected chi connectivity index (χ1v) is 11.7. The van der Waals surface area contributed by atoms with Crippen molar-refractivity contribution >= 4 is 0 Å². The quantitative estimate of drug-likeness (QED) is 0.430. The predicted octanol–water partition coefficient (Wildman–Crippen LogP) is 7.88. The zero-order valence-corrected chi connectivity index (χ0v) is 17.4. The van der Waals surface area contributed by atoms with E-state index < -0.39 is 0 Å². The van der Waals surface area contributed by atoms with Gasteiger partial charge in [0.15, 0.2) is 0 Å². The van der Waals surface area contributed by atoms with Crippen LogP contribution in [0.5, 0.6) is 0 Å². The molecule has 3 aliphatic carbocycles. The molecule has 3 rings (SSSR count). The summed E-state index contributed by atoms with van der Waals surface area (Å²) in [5.41, 5.74) is 0. The molecule has 3 saturated carbocycles. The van der Waals surface area contributed by atoms with Crippen molar-refractivity contribution in [1.29, 1.82) is 0 Å². The van der Waals surface area contributed by atoms with Gasteiger partial charge in [0.2, 0.25) is 0 Å². The minimum atomic E-state index is 0.832. The van der Waals surface area contributed by atoms with Crippen molar-refractivity contribution in [2.75, 3.05) is 0 Å². The van der Waals surface area contributed by atoms with Gasteiger partial charge < -0.3 is 0 Å². The molecule has 0 bridgehead atoms. The normalized spacial score (nSPS) is 43.2. The molecule has 0 aromatic carbocycles. The molecule has 0 aromatic rings. The van der Waals surface area contributed by atoms with Crippen LogP contribution in [-0.2, 0) is 0 Å². The van der Waals surface area contributed by atoms with Gasteiger partial charge in [-0.2, -0.15) is 0 Å². The van der Waals surface area contributed by atoms with Gasteiger partial charge in [-0.15, -0.1) is 6.58 Å². The molecule has 0 saturated heterocycles. The maximum Gasteiger partial charge on any atom is -0.0233 e. The zero-order chi connectivity index (χ0) is 17.8. The van der Waals surface area contributed by atoms with Crippen LogP contribution in [0.15, 0.2) is 12.7 Å². The van der Waals surface area contributed by atoms with Gasteiger partial charge in [-0.25, -0.2) is 0 Å². The second-order valence-electron chi connectivity index (χ2n) is 10.3. The molecule has 25 heavy (non-hydrogen) atoms. The standard InChI is InChI=1S/C25H44/c1-5-7-18(3)14-21-10-11-22(15-19(21)4)25-13-12-23-16-20(6-2)8-9-24(23)17-25/h6,18-25H,2,5,7-17H2,1,3-4H3. The van der Waals surface area contributed by atoms with Gasteiger partial charge in [0.1, 0.15) is 0 Å². The molecule has 0 spiro atoms. The average molecular weight is 345 g/mol. The van der Waals surface area contributed by atoms with Crippen molar-refractivity contribution in [3.05, 3.63) is 12.7 Å². The Kier molecular flexibility index (Phi) is 7.09. The minimum absolute atomic E-state index is 0.832. The van der Waals surface area contributed by atoms with E-state index in [-0.39, 0.29) is 0 Å². The summed E-state index contributed by atoms with van der Waals surface area (Å²) in [6, 6.07) is 0. The number of allylic oxidation sites excluding steroid dienone is 1. The van der Waals surface area contributed by atoms with E-state index in [1.807, 2.05) is 0 Å². The van der Waals surface area contributed by atoms with Gasteiger partial charge in [-0.3, -0.25) is 0 Å². The van der Waals surface area contributed by atoms with Crippen LogP contribution in [0, 0.1) is 47.3 Å². The summed E-state index contributed by atoms with van der Waals surface area (Å²) in [4.78, 5) is 0. The number of hydrogen-bond donors (Lipinski definition) is 0. The lowest BCUT2D eigenvalue weighted by Gasteiger charge is -2.46. The highest BCUT2D eigenvalue weighted by Gasteiger charge is 2.39. The molecular formula is C25H44. The van der Waals surface area contributed by atoms with Gasteiger partial charge in [0.05, 0.1) is 0 Å². The Balaban J connectivity index is 1.47. The number of rotatable bonds is 6. The third-order valence-electron chi connectivity index (χ3n) is 8.57. The fourth-order valence-electron chi connectivity index (χ4n) is 7.01. The first-order valence-electron chi connectivity index (χ1n) is 11.7. The maximum atomic E-state index is 4.06. The maximum absolute atomic E-state index is 4.06. The molecule has 0 aliphatic heterocycles. The molecule has 8 unspecified atom stereocenters. The molecule has 3 fully saturated rings. The van der Waals surface area contributed by atoms with E-state index in [4.69, 9.17) is 0 Å². The summed E-state index contributed by atoms with van der Waals surface area (Å²) in [7, 11) is 0. The largest absolute Gasteiger partial charge is 0.103 e. The molecule has 8 atom stereocenters. The summed E-state index contributed by atoms with van der Waals surface area (Å²) in [6.07, 6.45) is 20.2. The Morgan fingerprint density at radius 2 is 1.48 bits per heavy atom. The smallest absolute Gasteiger partial charge is 0.0233 e. The van der Waals surface area contributed by atoms with Crippen molar-refractivity contribution in [1.82, 2.24) is 0 Å². The van der Waals surface area contributed by atoms with Crippen molar-refractivity contribution in [3.8, 4) is 0 Å². The van der Waals surface area contributed by atoms with E-state index in [0.717, 1.165) is 47.3 Å². The highest BCUT2D eigenvalue weighted by molar-refractivity contribution is 4.93. The van der Waals surface area contributed by atoms with Crippen LogP contribution in [0.3, 0.4) is 0 Å². The predicted molar refractivity (Wildman–Crippen MR) is 111 cm³/mol. The van der Waals surface area contributed by atoms with Crippen molar-refractivity contribution in [2.24, 2.45) is 47.3 Å². The van der Waals surface area contributed by atoms with E-state index in [1.54, 1.807) is 25.7 Å².